The summed E-state index contributed by atoms with van der Waals surface area (Å²) in [6.07, 6.45) is 3.82. The number of nitrogens with one attached hydrogen (secondary N) is 1. The fraction of sp³-hybridized carbons (Fsp3) is 0.875. The van der Waals surface area contributed by atoms with Crippen LogP contribution >= 0.6 is 12.4 Å². The smallest absolute Gasteiger partial charge is 0.317 e. The lowest BCUT2D eigenvalue weighted by atomic mass is 10.1. The molecule has 7 heteroatoms. The Balaban J connectivity index is 0.00000484. The van der Waals surface area contributed by atoms with Crippen LogP contribution in [0.3, 0.4) is 0 Å². The molecule has 3 atom stereocenters. The molecule has 6 nitrogen and oxygen atoms in total. The minimum atomic E-state index is -0.787. The van der Waals surface area contributed by atoms with Crippen molar-refractivity contribution in [3.05, 3.63) is 0 Å². The van der Waals surface area contributed by atoms with Crippen molar-refractivity contribution in [3.63, 3.8) is 0 Å². The van der Waals surface area contributed by atoms with E-state index in [9.17, 15) is 9.59 Å². The quantitative estimate of drug-likeness (QED) is 0.730. The first-order chi connectivity index (χ1) is 10.3. The van der Waals surface area contributed by atoms with E-state index in [-0.39, 0.29) is 43.0 Å². The van der Waals surface area contributed by atoms with Gasteiger partial charge in [0.15, 0.2) is 0 Å². The van der Waals surface area contributed by atoms with Gasteiger partial charge in [0, 0.05) is 18.6 Å². The monoisotopic (exact) mass is 349 g/mol. The fourth-order valence-electron chi connectivity index (χ4n) is 2.90. The van der Waals surface area contributed by atoms with Crippen LogP contribution in [0.25, 0.3) is 0 Å². The summed E-state index contributed by atoms with van der Waals surface area (Å²) in [5.74, 6) is -0.698. The molecule has 2 N–H and O–H groups in total. The molecule has 1 aliphatic heterocycles. The number of likely N-dealkylation sites (N-methyl/N-ethyl adjacent to an activating group) is 1. The van der Waals surface area contributed by atoms with E-state index in [2.05, 4.69) is 17.1 Å². The molecule has 0 aromatic heterocycles. The number of amides is 1. The van der Waals surface area contributed by atoms with Crippen LogP contribution in [0.4, 0.5) is 0 Å². The Hall–Kier alpha value is -0.850. The van der Waals surface area contributed by atoms with Crippen molar-refractivity contribution in [2.45, 2.75) is 64.6 Å². The third kappa shape index (κ3) is 7.50. The standard InChI is InChI=1S/C16H31N3O3.ClH/c1-5-12(2)17-16(22)13(3)19-9-6-7-14(8-10-19)18(4)11-15(20)21;/h12-14H,5-11H2,1-4H3,(H,17,22)(H,20,21);1H. The number of hydrogen-bond donors (Lipinski definition) is 2. The molecule has 3 unspecified atom stereocenters. The van der Waals surface area contributed by atoms with Gasteiger partial charge in [0.25, 0.3) is 0 Å². The molecule has 0 aliphatic carbocycles. The molecular weight excluding hydrogens is 318 g/mol. The van der Waals surface area contributed by atoms with Crippen LogP contribution in [0.15, 0.2) is 0 Å². The normalized spacial score (nSPS) is 21.9. The van der Waals surface area contributed by atoms with Crippen LogP contribution in [0, 0.1) is 0 Å². The third-order valence-electron chi connectivity index (χ3n) is 4.67. The van der Waals surface area contributed by atoms with Gasteiger partial charge in [0.1, 0.15) is 0 Å². The van der Waals surface area contributed by atoms with Crippen LogP contribution in [-0.2, 0) is 9.59 Å². The molecule has 1 heterocycles. The number of likely N-dealkylation sites (tertiary alicyclic amines) is 1. The maximum absolute atomic E-state index is 12.2. The number of carbonyl (C=O) groups is 2. The second-order valence-electron chi connectivity index (χ2n) is 6.42. The van der Waals surface area contributed by atoms with Crippen LogP contribution < -0.4 is 5.32 Å². The maximum atomic E-state index is 12.2. The van der Waals surface area contributed by atoms with Crippen molar-refractivity contribution < 1.29 is 14.7 Å². The second-order valence-corrected chi connectivity index (χ2v) is 6.42. The van der Waals surface area contributed by atoms with E-state index in [1.807, 2.05) is 25.8 Å². The van der Waals surface area contributed by atoms with E-state index in [0.29, 0.717) is 0 Å². The molecule has 136 valence electrons. The summed E-state index contributed by atoms with van der Waals surface area (Å²) in [7, 11) is 1.87. The number of carboxylic acid groups (broad SMARTS) is 1. The molecule has 0 aromatic carbocycles. The van der Waals surface area contributed by atoms with Gasteiger partial charge in [0.2, 0.25) is 5.91 Å². The predicted molar refractivity (Wildman–Crippen MR) is 94.1 cm³/mol. The Kier molecular flexibility index (Phi) is 10.4. The Bertz CT molecular complexity index is 382. The van der Waals surface area contributed by atoms with E-state index in [0.717, 1.165) is 38.8 Å². The lowest BCUT2D eigenvalue weighted by molar-refractivity contribution is -0.138. The lowest BCUT2D eigenvalue weighted by Crippen LogP contribution is -2.48. The summed E-state index contributed by atoms with van der Waals surface area (Å²) in [4.78, 5) is 27.2. The highest BCUT2D eigenvalue weighted by molar-refractivity contribution is 5.85. The van der Waals surface area contributed by atoms with Crippen molar-refractivity contribution in [3.8, 4) is 0 Å². The molecule has 23 heavy (non-hydrogen) atoms. The first kappa shape index (κ1) is 22.1. The Morgan fingerprint density at radius 1 is 1.30 bits per heavy atom. The number of halogens is 1. The fourth-order valence-corrected chi connectivity index (χ4v) is 2.90. The molecule has 1 aliphatic rings. The first-order valence-electron chi connectivity index (χ1n) is 8.31. The molecule has 0 bridgehead atoms. The Morgan fingerprint density at radius 3 is 2.52 bits per heavy atom. The molecule has 1 fully saturated rings. The molecule has 1 amide bonds. The first-order valence-corrected chi connectivity index (χ1v) is 8.31. The van der Waals surface area contributed by atoms with Gasteiger partial charge in [-0.3, -0.25) is 19.4 Å². The number of hydrogen-bond acceptors (Lipinski definition) is 4. The number of nitrogens with zero attached hydrogens (tertiary/aromatic N) is 2. The van der Waals surface area contributed by atoms with E-state index in [1.165, 1.54) is 0 Å². The van der Waals surface area contributed by atoms with Crippen LogP contribution in [-0.4, -0.2) is 71.6 Å². The summed E-state index contributed by atoms with van der Waals surface area (Å²) >= 11 is 0. The number of carboxylic acids is 1. The van der Waals surface area contributed by atoms with Crippen molar-refractivity contribution >= 4 is 24.3 Å². The highest BCUT2D eigenvalue weighted by Crippen LogP contribution is 2.17. The topological polar surface area (TPSA) is 72.9 Å². The van der Waals surface area contributed by atoms with Crippen LogP contribution in [0.5, 0.6) is 0 Å². The molecule has 0 aromatic rings. The van der Waals surface area contributed by atoms with Crippen LogP contribution in [0.2, 0.25) is 0 Å². The molecule has 0 radical (unpaired) electrons. The van der Waals surface area contributed by atoms with Crippen LogP contribution in [0.1, 0.15) is 46.5 Å². The van der Waals surface area contributed by atoms with Gasteiger partial charge in [-0.25, -0.2) is 0 Å². The largest absolute Gasteiger partial charge is 0.480 e. The third-order valence-corrected chi connectivity index (χ3v) is 4.67. The minimum Gasteiger partial charge on any atom is -0.480 e. The Labute approximate surface area is 146 Å². The highest BCUT2D eigenvalue weighted by Gasteiger charge is 2.27. The number of aliphatic carboxylic acids is 1. The van der Waals surface area contributed by atoms with Crippen molar-refractivity contribution in [2.24, 2.45) is 0 Å². The summed E-state index contributed by atoms with van der Waals surface area (Å²) in [6.45, 7) is 7.85. The zero-order valence-corrected chi connectivity index (χ0v) is 15.6. The van der Waals surface area contributed by atoms with Crippen molar-refractivity contribution in [1.82, 2.24) is 15.1 Å². The van der Waals surface area contributed by atoms with E-state index in [4.69, 9.17) is 5.11 Å². The summed E-state index contributed by atoms with van der Waals surface area (Å²) in [5.41, 5.74) is 0. The molecule has 0 saturated carbocycles. The number of rotatable bonds is 7. The van der Waals surface area contributed by atoms with Gasteiger partial charge in [-0.2, -0.15) is 0 Å². The van der Waals surface area contributed by atoms with E-state index < -0.39 is 5.97 Å². The van der Waals surface area contributed by atoms with Crippen molar-refractivity contribution in [1.29, 1.82) is 0 Å². The summed E-state index contributed by atoms with van der Waals surface area (Å²) in [6, 6.07) is 0.361. The summed E-state index contributed by atoms with van der Waals surface area (Å²) < 4.78 is 0. The zero-order valence-electron chi connectivity index (χ0n) is 14.7. The van der Waals surface area contributed by atoms with Gasteiger partial charge in [-0.15, -0.1) is 12.4 Å². The maximum Gasteiger partial charge on any atom is 0.317 e. The van der Waals surface area contributed by atoms with Gasteiger partial charge < -0.3 is 10.4 Å². The lowest BCUT2D eigenvalue weighted by Gasteiger charge is -2.29. The average molecular weight is 350 g/mol. The Morgan fingerprint density at radius 2 is 1.96 bits per heavy atom. The van der Waals surface area contributed by atoms with Gasteiger partial charge >= 0.3 is 5.97 Å². The zero-order chi connectivity index (χ0) is 16.7. The summed E-state index contributed by atoms with van der Waals surface area (Å²) in [5, 5.41) is 11.9. The van der Waals surface area contributed by atoms with Gasteiger partial charge in [-0.1, -0.05) is 6.92 Å². The van der Waals surface area contributed by atoms with E-state index in [1.54, 1.807) is 0 Å². The second kappa shape index (κ2) is 10.8. The molecule has 1 rings (SSSR count). The van der Waals surface area contributed by atoms with Crippen molar-refractivity contribution in [2.75, 3.05) is 26.7 Å². The molecule has 0 spiro atoms. The predicted octanol–water partition coefficient (Wildman–Crippen LogP) is 1.58. The molecule has 1 saturated heterocycles. The van der Waals surface area contributed by atoms with E-state index >= 15 is 0 Å². The van der Waals surface area contributed by atoms with Gasteiger partial charge in [-0.05, 0) is 53.1 Å². The molecular formula is C16H32ClN3O3. The van der Waals surface area contributed by atoms with Gasteiger partial charge in [0.05, 0.1) is 12.6 Å². The highest BCUT2D eigenvalue weighted by atomic mass is 35.5. The minimum absolute atomic E-state index is 0. The number of carbonyl (C=O) groups excluding carboxylic acids is 1. The SMILES string of the molecule is CCC(C)NC(=O)C(C)N1CCCC(N(C)CC(=O)O)CC1.Cl. The average Bonchev–Trinajstić information content (AvgIpc) is 2.71.